The third-order valence-electron chi connectivity index (χ3n) is 11.6. The van der Waals surface area contributed by atoms with Crippen molar-refractivity contribution < 1.29 is 0 Å². The highest BCUT2D eigenvalue weighted by atomic mass is 15.0. The fraction of sp³-hybridized carbons (Fsp3) is 0.0185. The van der Waals surface area contributed by atoms with Gasteiger partial charge in [-0.15, -0.1) is 0 Å². The van der Waals surface area contributed by atoms with Gasteiger partial charge in [-0.3, -0.25) is 0 Å². The van der Waals surface area contributed by atoms with Crippen molar-refractivity contribution in [3.05, 3.63) is 235 Å². The Morgan fingerprint density at radius 3 is 1.56 bits per heavy atom. The molecule has 0 saturated carbocycles. The largest absolute Gasteiger partial charge is 0.208 e. The first-order valence-corrected chi connectivity index (χ1v) is 19.4. The highest BCUT2D eigenvalue weighted by Crippen LogP contribution is 2.56. The van der Waals surface area contributed by atoms with E-state index in [1.54, 1.807) is 0 Å². The van der Waals surface area contributed by atoms with Gasteiger partial charge < -0.3 is 0 Å². The summed E-state index contributed by atoms with van der Waals surface area (Å²) in [7, 11) is 0. The SMILES string of the molecule is c1ccc(-c2ccc(-c3nc(-c4ccc5c(c4)C(c4ccccc4)(c4ccccc4)c4ccccc4-5)nc(-c4cccc5c4ccc4ccccc45)n3)cc2)cc1. The van der Waals surface area contributed by atoms with Crippen LogP contribution >= 0.6 is 0 Å². The fourth-order valence-electron chi connectivity index (χ4n) is 9.02. The molecule has 0 spiro atoms. The molecule has 0 atom stereocenters. The summed E-state index contributed by atoms with van der Waals surface area (Å²) < 4.78 is 0. The Bertz CT molecular complexity index is 3060. The monoisotopic (exact) mass is 725 g/mol. The van der Waals surface area contributed by atoms with Gasteiger partial charge in [-0.1, -0.05) is 206 Å². The van der Waals surface area contributed by atoms with Gasteiger partial charge in [0.25, 0.3) is 0 Å². The van der Waals surface area contributed by atoms with Crippen LogP contribution < -0.4 is 0 Å². The summed E-state index contributed by atoms with van der Waals surface area (Å²) in [5.74, 6) is 1.91. The topological polar surface area (TPSA) is 38.7 Å². The van der Waals surface area contributed by atoms with Crippen LogP contribution in [0, 0.1) is 0 Å². The van der Waals surface area contributed by atoms with Crippen molar-refractivity contribution >= 4 is 21.5 Å². The van der Waals surface area contributed by atoms with E-state index in [9.17, 15) is 0 Å². The zero-order valence-corrected chi connectivity index (χ0v) is 31.0. The van der Waals surface area contributed by atoms with Crippen LogP contribution in [0.4, 0.5) is 0 Å². The van der Waals surface area contributed by atoms with Crippen molar-refractivity contribution in [2.45, 2.75) is 5.41 Å². The Morgan fingerprint density at radius 2 is 0.807 bits per heavy atom. The molecule has 10 aromatic rings. The average Bonchev–Trinajstić information content (AvgIpc) is 3.60. The van der Waals surface area contributed by atoms with Gasteiger partial charge in [-0.25, -0.2) is 15.0 Å². The molecule has 11 rings (SSSR count). The molecule has 1 aromatic heterocycles. The maximum atomic E-state index is 5.34. The Hall–Kier alpha value is -7.49. The minimum Gasteiger partial charge on any atom is -0.208 e. The molecule has 0 saturated heterocycles. The van der Waals surface area contributed by atoms with E-state index in [0.717, 1.165) is 27.6 Å². The number of hydrogen-bond acceptors (Lipinski definition) is 3. The molecule has 0 unspecified atom stereocenters. The van der Waals surface area contributed by atoms with Crippen LogP contribution in [-0.2, 0) is 5.41 Å². The minimum atomic E-state index is -0.535. The molecule has 1 aliphatic carbocycles. The number of aromatic nitrogens is 3. The van der Waals surface area contributed by atoms with E-state index in [1.165, 1.54) is 55.1 Å². The number of rotatable bonds is 6. The Kier molecular flexibility index (Phi) is 7.71. The lowest BCUT2D eigenvalue weighted by Crippen LogP contribution is -2.28. The van der Waals surface area contributed by atoms with E-state index in [0.29, 0.717) is 17.5 Å². The van der Waals surface area contributed by atoms with Gasteiger partial charge >= 0.3 is 0 Å². The van der Waals surface area contributed by atoms with Crippen molar-refractivity contribution in [1.29, 1.82) is 0 Å². The molecule has 266 valence electrons. The predicted octanol–water partition coefficient (Wildman–Crippen LogP) is 13.2. The molecule has 0 N–H and O–H groups in total. The number of fused-ring (bicyclic) bond motifs is 6. The van der Waals surface area contributed by atoms with Crippen LogP contribution in [0.2, 0.25) is 0 Å². The first kappa shape index (κ1) is 32.9. The van der Waals surface area contributed by atoms with Crippen LogP contribution in [0.3, 0.4) is 0 Å². The van der Waals surface area contributed by atoms with Gasteiger partial charge in [0.1, 0.15) is 0 Å². The molecule has 0 bridgehead atoms. The average molecular weight is 726 g/mol. The molecule has 3 heteroatoms. The summed E-state index contributed by atoms with van der Waals surface area (Å²) in [6.45, 7) is 0. The Morgan fingerprint density at radius 1 is 0.281 bits per heavy atom. The van der Waals surface area contributed by atoms with E-state index in [1.807, 2.05) is 6.07 Å². The van der Waals surface area contributed by atoms with Crippen LogP contribution in [0.15, 0.2) is 212 Å². The van der Waals surface area contributed by atoms with Crippen molar-refractivity contribution in [3.8, 4) is 56.4 Å². The second-order valence-electron chi connectivity index (χ2n) is 14.7. The molecular formula is C54H35N3. The first-order valence-electron chi connectivity index (χ1n) is 19.4. The molecular weight excluding hydrogens is 691 g/mol. The van der Waals surface area contributed by atoms with E-state index in [4.69, 9.17) is 15.0 Å². The minimum absolute atomic E-state index is 0.535. The summed E-state index contributed by atoms with van der Waals surface area (Å²) in [4.78, 5) is 15.9. The van der Waals surface area contributed by atoms with E-state index in [2.05, 4.69) is 206 Å². The van der Waals surface area contributed by atoms with Gasteiger partial charge in [0, 0.05) is 16.7 Å². The lowest BCUT2D eigenvalue weighted by atomic mass is 9.67. The van der Waals surface area contributed by atoms with Crippen molar-refractivity contribution in [2.75, 3.05) is 0 Å². The Labute approximate surface area is 331 Å². The summed E-state index contributed by atoms with van der Waals surface area (Å²) in [5, 5.41) is 4.69. The molecule has 0 amide bonds. The Balaban J connectivity index is 1.15. The lowest BCUT2D eigenvalue weighted by molar-refractivity contribution is 0.768. The predicted molar refractivity (Wildman–Crippen MR) is 234 cm³/mol. The molecule has 1 aliphatic rings. The molecule has 57 heavy (non-hydrogen) atoms. The molecule has 0 aliphatic heterocycles. The zero-order valence-electron chi connectivity index (χ0n) is 31.0. The smallest absolute Gasteiger partial charge is 0.164 e. The quantitative estimate of drug-likeness (QED) is 0.160. The molecule has 0 radical (unpaired) electrons. The zero-order chi connectivity index (χ0) is 37.8. The third kappa shape index (κ3) is 5.32. The van der Waals surface area contributed by atoms with Crippen LogP contribution in [0.25, 0.3) is 78.0 Å². The molecule has 1 heterocycles. The second kappa shape index (κ2) is 13.4. The second-order valence-corrected chi connectivity index (χ2v) is 14.7. The van der Waals surface area contributed by atoms with E-state index in [-0.39, 0.29) is 0 Å². The number of benzene rings is 9. The summed E-state index contributed by atoms with van der Waals surface area (Å²) >= 11 is 0. The van der Waals surface area contributed by atoms with Crippen molar-refractivity contribution in [1.82, 2.24) is 15.0 Å². The normalized spacial score (nSPS) is 12.7. The van der Waals surface area contributed by atoms with Gasteiger partial charge in [-0.05, 0) is 72.1 Å². The van der Waals surface area contributed by atoms with Gasteiger partial charge in [0.05, 0.1) is 5.41 Å². The third-order valence-corrected chi connectivity index (χ3v) is 11.6. The number of nitrogens with zero attached hydrogens (tertiary/aromatic N) is 3. The first-order chi connectivity index (χ1) is 28.3. The van der Waals surface area contributed by atoms with Gasteiger partial charge in [0.15, 0.2) is 17.5 Å². The van der Waals surface area contributed by atoms with E-state index >= 15 is 0 Å². The fourth-order valence-corrected chi connectivity index (χ4v) is 9.02. The highest BCUT2D eigenvalue weighted by Gasteiger charge is 2.46. The van der Waals surface area contributed by atoms with Gasteiger partial charge in [0.2, 0.25) is 0 Å². The summed E-state index contributed by atoms with van der Waals surface area (Å²) in [6, 6.07) is 75.8. The summed E-state index contributed by atoms with van der Waals surface area (Å²) in [6.07, 6.45) is 0. The number of hydrogen-bond donors (Lipinski definition) is 0. The lowest BCUT2D eigenvalue weighted by Gasteiger charge is -2.34. The van der Waals surface area contributed by atoms with Crippen LogP contribution in [0.5, 0.6) is 0 Å². The maximum absolute atomic E-state index is 5.34. The highest BCUT2D eigenvalue weighted by molar-refractivity contribution is 6.11. The molecule has 9 aromatic carbocycles. The standard InChI is InChI=1S/C54H35N3/c1-4-15-36(16-5-1)37-27-29-39(30-28-37)51-55-52(57-53(56-51)48-25-14-24-44-43-22-11-10-17-38(43)31-33-45(44)48)40-32-34-47-46-23-12-13-26-49(46)54(50(47)35-40,41-18-6-2-7-19-41)42-20-8-3-9-21-42/h1-35H. The van der Waals surface area contributed by atoms with Crippen LogP contribution in [-0.4, -0.2) is 15.0 Å². The van der Waals surface area contributed by atoms with Crippen LogP contribution in [0.1, 0.15) is 22.3 Å². The van der Waals surface area contributed by atoms with Crippen molar-refractivity contribution in [3.63, 3.8) is 0 Å². The molecule has 3 nitrogen and oxygen atoms in total. The summed E-state index contributed by atoms with van der Waals surface area (Å²) in [5.41, 5.74) is 12.0. The molecule has 0 fully saturated rings. The maximum Gasteiger partial charge on any atom is 0.164 e. The van der Waals surface area contributed by atoms with Crippen molar-refractivity contribution in [2.24, 2.45) is 0 Å². The van der Waals surface area contributed by atoms with Gasteiger partial charge in [-0.2, -0.15) is 0 Å². The van der Waals surface area contributed by atoms with E-state index < -0.39 is 5.41 Å².